The second kappa shape index (κ2) is 8.09. The maximum Gasteiger partial charge on any atom is 0.416 e. The number of piperidine rings is 1. The third-order valence-electron chi connectivity index (χ3n) is 5.22. The van der Waals surface area contributed by atoms with Gasteiger partial charge in [0.1, 0.15) is 0 Å². The zero-order valence-electron chi connectivity index (χ0n) is 15.2. The van der Waals surface area contributed by atoms with E-state index in [4.69, 9.17) is 11.6 Å². The van der Waals surface area contributed by atoms with Gasteiger partial charge in [0.15, 0.2) is 0 Å². The molecular weight excluding hydrogens is 393 g/mol. The van der Waals surface area contributed by atoms with Crippen molar-refractivity contribution in [2.45, 2.75) is 32.0 Å². The minimum Gasteiger partial charge on any atom is -0.481 e. The number of nitrogens with zero attached hydrogens (tertiary/aromatic N) is 2. The number of benzene rings is 1. The molecule has 1 aromatic heterocycles. The average molecular weight is 413 g/mol. The molecule has 2 heterocycles. The van der Waals surface area contributed by atoms with E-state index in [1.807, 2.05) is 11.8 Å². The van der Waals surface area contributed by atoms with Crippen molar-refractivity contribution in [3.63, 3.8) is 0 Å². The lowest BCUT2D eigenvalue weighted by Crippen LogP contribution is -2.39. The molecule has 0 radical (unpaired) electrons. The summed E-state index contributed by atoms with van der Waals surface area (Å²) < 4.78 is 39.9. The molecular formula is C20H20ClF3N2O2. The molecule has 1 aliphatic rings. The standard InChI is InChI=1S/C20H20ClF3N2O2/c1-12-11-25-7-4-15(12)18(26-8-5-13(6-9-26)19(27)28)16-10-14(20(22,23)24)2-3-17(16)21/h2-4,7,10-11,13,18H,5-6,8-9H2,1H3,(H,27,28). The topological polar surface area (TPSA) is 53.4 Å². The second-order valence-electron chi connectivity index (χ2n) is 7.02. The number of aromatic nitrogens is 1. The highest BCUT2D eigenvalue weighted by atomic mass is 35.5. The molecule has 0 amide bonds. The van der Waals surface area contributed by atoms with Crippen LogP contribution in [-0.4, -0.2) is 34.0 Å². The predicted octanol–water partition coefficient (Wildman–Crippen LogP) is 4.95. The predicted molar refractivity (Wildman–Crippen MR) is 99.2 cm³/mol. The van der Waals surface area contributed by atoms with Crippen LogP contribution >= 0.6 is 11.6 Å². The van der Waals surface area contributed by atoms with Crippen LogP contribution in [0.15, 0.2) is 36.7 Å². The summed E-state index contributed by atoms with van der Waals surface area (Å²) in [5.41, 5.74) is 1.25. The number of likely N-dealkylation sites (tertiary alicyclic amines) is 1. The number of carboxylic acid groups (broad SMARTS) is 1. The third kappa shape index (κ3) is 4.31. The molecule has 1 atom stereocenters. The Morgan fingerprint density at radius 2 is 1.93 bits per heavy atom. The van der Waals surface area contributed by atoms with Gasteiger partial charge in [-0.25, -0.2) is 0 Å². The summed E-state index contributed by atoms with van der Waals surface area (Å²) in [6, 6.07) is 4.61. The number of pyridine rings is 1. The van der Waals surface area contributed by atoms with E-state index in [2.05, 4.69) is 4.98 Å². The van der Waals surface area contributed by atoms with Crippen molar-refractivity contribution >= 4 is 17.6 Å². The van der Waals surface area contributed by atoms with E-state index < -0.39 is 29.7 Å². The highest BCUT2D eigenvalue weighted by Crippen LogP contribution is 2.40. The van der Waals surface area contributed by atoms with Gasteiger partial charge in [-0.1, -0.05) is 11.6 Å². The maximum atomic E-state index is 13.3. The first kappa shape index (κ1) is 20.6. The SMILES string of the molecule is Cc1cnccc1C(c1cc(C(F)(F)F)ccc1Cl)N1CCC(C(=O)O)CC1. The van der Waals surface area contributed by atoms with Crippen molar-refractivity contribution in [3.8, 4) is 0 Å². The summed E-state index contributed by atoms with van der Waals surface area (Å²) in [5, 5.41) is 9.48. The average Bonchev–Trinajstić information content (AvgIpc) is 2.64. The molecule has 1 unspecified atom stereocenters. The van der Waals surface area contributed by atoms with Crippen LogP contribution in [0.4, 0.5) is 13.2 Å². The first-order valence-electron chi connectivity index (χ1n) is 8.92. The van der Waals surface area contributed by atoms with Crippen LogP contribution in [0.2, 0.25) is 5.02 Å². The smallest absolute Gasteiger partial charge is 0.416 e. The first-order chi connectivity index (χ1) is 13.2. The van der Waals surface area contributed by atoms with Crippen molar-refractivity contribution in [1.29, 1.82) is 0 Å². The molecule has 1 aromatic carbocycles. The van der Waals surface area contributed by atoms with Crippen LogP contribution in [0.5, 0.6) is 0 Å². The molecule has 8 heteroatoms. The Labute approximate surface area is 166 Å². The number of halogens is 4. The van der Waals surface area contributed by atoms with Crippen molar-refractivity contribution in [2.24, 2.45) is 5.92 Å². The summed E-state index contributed by atoms with van der Waals surface area (Å²) in [6.07, 6.45) is -0.346. The molecule has 0 aliphatic carbocycles. The Kier molecular flexibility index (Phi) is 5.95. The molecule has 0 spiro atoms. The van der Waals surface area contributed by atoms with Gasteiger partial charge in [0, 0.05) is 17.4 Å². The highest BCUT2D eigenvalue weighted by molar-refractivity contribution is 6.31. The van der Waals surface area contributed by atoms with Gasteiger partial charge in [0.25, 0.3) is 0 Å². The van der Waals surface area contributed by atoms with Crippen LogP contribution in [-0.2, 0) is 11.0 Å². The molecule has 3 rings (SSSR count). The number of carboxylic acids is 1. The second-order valence-corrected chi connectivity index (χ2v) is 7.42. The maximum absolute atomic E-state index is 13.3. The normalized spacial score (nSPS) is 17.5. The van der Waals surface area contributed by atoms with Gasteiger partial charge in [0.2, 0.25) is 0 Å². The van der Waals surface area contributed by atoms with E-state index >= 15 is 0 Å². The lowest BCUT2D eigenvalue weighted by molar-refractivity contribution is -0.143. The Hall–Kier alpha value is -2.12. The number of carbonyl (C=O) groups is 1. The summed E-state index contributed by atoms with van der Waals surface area (Å²) in [4.78, 5) is 17.3. The quantitative estimate of drug-likeness (QED) is 0.772. The Bertz CT molecular complexity index is 865. The van der Waals surface area contributed by atoms with E-state index in [-0.39, 0.29) is 5.02 Å². The van der Waals surface area contributed by atoms with Crippen LogP contribution in [0.1, 0.15) is 41.1 Å². The highest BCUT2D eigenvalue weighted by Gasteiger charge is 2.35. The fourth-order valence-corrected chi connectivity index (χ4v) is 3.91. The van der Waals surface area contributed by atoms with Crippen molar-refractivity contribution in [3.05, 3.63) is 63.9 Å². The van der Waals surface area contributed by atoms with Gasteiger partial charge in [-0.15, -0.1) is 0 Å². The lowest BCUT2D eigenvalue weighted by Gasteiger charge is -2.38. The monoisotopic (exact) mass is 412 g/mol. The van der Waals surface area contributed by atoms with Crippen molar-refractivity contribution in [1.82, 2.24) is 9.88 Å². The summed E-state index contributed by atoms with van der Waals surface area (Å²) in [5.74, 6) is -1.28. The molecule has 1 fully saturated rings. The molecule has 1 aliphatic heterocycles. The van der Waals surface area contributed by atoms with E-state index in [0.717, 1.165) is 23.3 Å². The minimum atomic E-state index is -4.48. The van der Waals surface area contributed by atoms with Gasteiger partial charge >= 0.3 is 12.1 Å². The number of hydrogen-bond acceptors (Lipinski definition) is 3. The van der Waals surface area contributed by atoms with Gasteiger partial charge in [-0.05, 0) is 73.8 Å². The summed E-state index contributed by atoms with van der Waals surface area (Å²) in [7, 11) is 0. The summed E-state index contributed by atoms with van der Waals surface area (Å²) >= 11 is 6.34. The fourth-order valence-electron chi connectivity index (χ4n) is 3.69. The molecule has 28 heavy (non-hydrogen) atoms. The number of aryl methyl sites for hydroxylation is 1. The van der Waals surface area contributed by atoms with E-state index in [1.165, 1.54) is 6.07 Å². The molecule has 4 nitrogen and oxygen atoms in total. The Morgan fingerprint density at radius 3 is 2.50 bits per heavy atom. The fraction of sp³-hybridized carbons (Fsp3) is 0.400. The molecule has 2 aromatic rings. The largest absolute Gasteiger partial charge is 0.481 e. The summed E-state index contributed by atoms with van der Waals surface area (Å²) in [6.45, 7) is 2.76. The molecule has 150 valence electrons. The number of rotatable bonds is 4. The lowest BCUT2D eigenvalue weighted by atomic mass is 9.89. The van der Waals surface area contributed by atoms with E-state index in [0.29, 0.717) is 31.5 Å². The van der Waals surface area contributed by atoms with Crippen LogP contribution in [0.25, 0.3) is 0 Å². The molecule has 1 N–H and O–H groups in total. The van der Waals surface area contributed by atoms with Gasteiger partial charge in [-0.2, -0.15) is 13.2 Å². The molecule has 0 bridgehead atoms. The van der Waals surface area contributed by atoms with Gasteiger partial charge < -0.3 is 5.11 Å². The Balaban J connectivity index is 2.06. The third-order valence-corrected chi connectivity index (χ3v) is 5.56. The van der Waals surface area contributed by atoms with Gasteiger partial charge in [0.05, 0.1) is 17.5 Å². The zero-order chi connectivity index (χ0) is 20.5. The Morgan fingerprint density at radius 1 is 1.25 bits per heavy atom. The van der Waals surface area contributed by atoms with E-state index in [1.54, 1.807) is 18.5 Å². The van der Waals surface area contributed by atoms with Gasteiger partial charge in [-0.3, -0.25) is 14.7 Å². The molecule has 1 saturated heterocycles. The zero-order valence-corrected chi connectivity index (χ0v) is 16.0. The van der Waals surface area contributed by atoms with Crippen molar-refractivity contribution < 1.29 is 23.1 Å². The van der Waals surface area contributed by atoms with Crippen LogP contribution in [0, 0.1) is 12.8 Å². The van der Waals surface area contributed by atoms with Crippen LogP contribution < -0.4 is 0 Å². The number of alkyl halides is 3. The first-order valence-corrected chi connectivity index (χ1v) is 9.30. The van der Waals surface area contributed by atoms with Crippen molar-refractivity contribution in [2.75, 3.05) is 13.1 Å². The number of aliphatic carboxylic acids is 1. The van der Waals surface area contributed by atoms with E-state index in [9.17, 15) is 23.1 Å². The molecule has 0 saturated carbocycles. The van der Waals surface area contributed by atoms with Crippen LogP contribution in [0.3, 0.4) is 0 Å². The number of hydrogen-bond donors (Lipinski definition) is 1. The minimum absolute atomic E-state index is 0.245.